The lowest BCUT2D eigenvalue weighted by Crippen LogP contribution is -2.33. The van der Waals surface area contributed by atoms with Crippen LogP contribution in [0.1, 0.15) is 17.2 Å². The number of likely N-dealkylation sites (N-methyl/N-ethyl adjacent to an activating group) is 1. The number of amides is 1. The van der Waals surface area contributed by atoms with E-state index in [1.165, 1.54) is 10.5 Å². The van der Waals surface area contributed by atoms with Crippen LogP contribution in [0.3, 0.4) is 0 Å². The molecule has 14 heavy (non-hydrogen) atoms. The Bertz CT molecular complexity index is 317. The zero-order valence-corrected chi connectivity index (χ0v) is 8.82. The van der Waals surface area contributed by atoms with Gasteiger partial charge in [-0.15, -0.1) is 0 Å². The Morgan fingerprint density at radius 3 is 2.21 bits per heavy atom. The van der Waals surface area contributed by atoms with Gasteiger partial charge in [0.15, 0.2) is 0 Å². The molecule has 0 heterocycles. The molecule has 0 saturated heterocycles. The van der Waals surface area contributed by atoms with Crippen LogP contribution >= 0.6 is 0 Å². The fourth-order valence-corrected chi connectivity index (χ4v) is 1.19. The fourth-order valence-electron chi connectivity index (χ4n) is 1.19. The summed E-state index contributed by atoms with van der Waals surface area (Å²) in [5.41, 5.74) is 7.82. The van der Waals surface area contributed by atoms with Crippen LogP contribution < -0.4 is 5.73 Å². The van der Waals surface area contributed by atoms with Gasteiger partial charge < -0.3 is 10.6 Å². The van der Waals surface area contributed by atoms with Crippen LogP contribution in [-0.4, -0.2) is 24.9 Å². The average Bonchev–Trinajstić information content (AvgIpc) is 2.16. The lowest BCUT2D eigenvalue weighted by atomic mass is 10.1. The SMILES string of the molecule is Cc1ccc(C(N)C(=O)N(C)C)cc1. The second-order valence-corrected chi connectivity index (χ2v) is 3.62. The van der Waals surface area contributed by atoms with Crippen molar-refractivity contribution < 1.29 is 4.79 Å². The first-order valence-electron chi connectivity index (χ1n) is 4.55. The van der Waals surface area contributed by atoms with Gasteiger partial charge >= 0.3 is 0 Å². The number of nitrogens with zero attached hydrogens (tertiary/aromatic N) is 1. The number of carbonyl (C=O) groups is 1. The van der Waals surface area contributed by atoms with Crippen molar-refractivity contribution in [2.45, 2.75) is 13.0 Å². The molecule has 1 atom stereocenters. The molecule has 76 valence electrons. The first kappa shape index (κ1) is 10.7. The molecule has 0 bridgehead atoms. The molecule has 2 N–H and O–H groups in total. The van der Waals surface area contributed by atoms with Gasteiger partial charge in [-0.05, 0) is 12.5 Å². The highest BCUT2D eigenvalue weighted by Gasteiger charge is 2.16. The summed E-state index contributed by atoms with van der Waals surface area (Å²) in [6.45, 7) is 2.00. The predicted octanol–water partition coefficient (Wildman–Crippen LogP) is 1.08. The van der Waals surface area contributed by atoms with E-state index < -0.39 is 6.04 Å². The maximum atomic E-state index is 11.5. The molecule has 0 spiro atoms. The third-order valence-corrected chi connectivity index (χ3v) is 2.14. The van der Waals surface area contributed by atoms with Gasteiger partial charge in [0.25, 0.3) is 0 Å². The van der Waals surface area contributed by atoms with Crippen LogP contribution in [0.25, 0.3) is 0 Å². The van der Waals surface area contributed by atoms with E-state index in [2.05, 4.69) is 0 Å². The number of benzene rings is 1. The summed E-state index contributed by atoms with van der Waals surface area (Å²) in [5, 5.41) is 0. The quantitative estimate of drug-likeness (QED) is 0.762. The minimum absolute atomic E-state index is 0.0751. The molecule has 1 amide bonds. The number of hydrogen-bond donors (Lipinski definition) is 1. The Labute approximate surface area is 84.5 Å². The third kappa shape index (κ3) is 2.33. The van der Waals surface area contributed by atoms with Gasteiger partial charge in [0.1, 0.15) is 6.04 Å². The predicted molar refractivity (Wildman–Crippen MR) is 56.8 cm³/mol. The fraction of sp³-hybridized carbons (Fsp3) is 0.364. The standard InChI is InChI=1S/C11H16N2O/c1-8-4-6-9(7-5-8)10(12)11(14)13(2)3/h4-7,10H,12H2,1-3H3. The summed E-state index contributed by atoms with van der Waals surface area (Å²) in [6.07, 6.45) is 0. The summed E-state index contributed by atoms with van der Waals surface area (Å²) in [5.74, 6) is -0.0751. The zero-order chi connectivity index (χ0) is 10.7. The van der Waals surface area contributed by atoms with E-state index >= 15 is 0 Å². The van der Waals surface area contributed by atoms with Crippen molar-refractivity contribution in [1.29, 1.82) is 0 Å². The topological polar surface area (TPSA) is 46.3 Å². The van der Waals surface area contributed by atoms with E-state index in [1.807, 2.05) is 31.2 Å². The Hall–Kier alpha value is -1.35. The number of carbonyl (C=O) groups excluding carboxylic acids is 1. The monoisotopic (exact) mass is 192 g/mol. The molecule has 0 saturated carbocycles. The van der Waals surface area contributed by atoms with E-state index in [9.17, 15) is 4.79 Å². The second kappa shape index (κ2) is 4.24. The highest BCUT2D eigenvalue weighted by atomic mass is 16.2. The smallest absolute Gasteiger partial charge is 0.243 e. The average molecular weight is 192 g/mol. The molecule has 1 aromatic carbocycles. The number of nitrogens with two attached hydrogens (primary N) is 1. The van der Waals surface area contributed by atoms with Crippen molar-refractivity contribution in [3.63, 3.8) is 0 Å². The van der Waals surface area contributed by atoms with Gasteiger partial charge in [-0.25, -0.2) is 0 Å². The van der Waals surface area contributed by atoms with Crippen LogP contribution in [-0.2, 0) is 4.79 Å². The Morgan fingerprint density at radius 1 is 1.29 bits per heavy atom. The number of aryl methyl sites for hydroxylation is 1. The highest BCUT2D eigenvalue weighted by molar-refractivity contribution is 5.82. The molecule has 1 unspecified atom stereocenters. The zero-order valence-electron chi connectivity index (χ0n) is 8.82. The molecule has 0 aromatic heterocycles. The number of hydrogen-bond acceptors (Lipinski definition) is 2. The Kier molecular flexibility index (Phi) is 3.25. The molecule has 1 aromatic rings. The van der Waals surface area contributed by atoms with Gasteiger partial charge in [0.2, 0.25) is 5.91 Å². The second-order valence-electron chi connectivity index (χ2n) is 3.62. The summed E-state index contributed by atoms with van der Waals surface area (Å²) >= 11 is 0. The van der Waals surface area contributed by atoms with Crippen LogP contribution in [0.15, 0.2) is 24.3 Å². The van der Waals surface area contributed by atoms with Crippen molar-refractivity contribution in [2.24, 2.45) is 5.73 Å². The Balaban J connectivity index is 2.84. The maximum absolute atomic E-state index is 11.5. The largest absolute Gasteiger partial charge is 0.347 e. The van der Waals surface area contributed by atoms with E-state index in [0.717, 1.165) is 5.56 Å². The first-order valence-corrected chi connectivity index (χ1v) is 4.55. The van der Waals surface area contributed by atoms with Gasteiger partial charge in [0, 0.05) is 14.1 Å². The van der Waals surface area contributed by atoms with Gasteiger partial charge in [0.05, 0.1) is 0 Å². The van der Waals surface area contributed by atoms with Crippen molar-refractivity contribution in [2.75, 3.05) is 14.1 Å². The first-order chi connectivity index (χ1) is 6.52. The molecule has 0 aliphatic carbocycles. The van der Waals surface area contributed by atoms with E-state index in [-0.39, 0.29) is 5.91 Å². The van der Waals surface area contributed by atoms with E-state index in [1.54, 1.807) is 14.1 Å². The molecule has 0 fully saturated rings. The molecule has 0 aliphatic rings. The Morgan fingerprint density at radius 2 is 1.79 bits per heavy atom. The summed E-state index contributed by atoms with van der Waals surface area (Å²) in [4.78, 5) is 13.0. The summed E-state index contributed by atoms with van der Waals surface area (Å²) < 4.78 is 0. The van der Waals surface area contributed by atoms with Crippen LogP contribution in [0, 0.1) is 6.92 Å². The van der Waals surface area contributed by atoms with Gasteiger partial charge in [-0.1, -0.05) is 29.8 Å². The summed E-state index contributed by atoms with van der Waals surface area (Å²) in [6, 6.07) is 7.14. The molecule has 3 nitrogen and oxygen atoms in total. The van der Waals surface area contributed by atoms with Crippen LogP contribution in [0.4, 0.5) is 0 Å². The molecule has 3 heteroatoms. The lowest BCUT2D eigenvalue weighted by Gasteiger charge is -2.16. The lowest BCUT2D eigenvalue weighted by molar-refractivity contribution is -0.130. The highest BCUT2D eigenvalue weighted by Crippen LogP contribution is 2.12. The molecule has 0 aliphatic heterocycles. The van der Waals surface area contributed by atoms with Crippen molar-refractivity contribution in [1.82, 2.24) is 4.90 Å². The van der Waals surface area contributed by atoms with E-state index in [0.29, 0.717) is 0 Å². The maximum Gasteiger partial charge on any atom is 0.243 e. The van der Waals surface area contributed by atoms with Gasteiger partial charge in [-0.3, -0.25) is 4.79 Å². The molecule has 0 radical (unpaired) electrons. The van der Waals surface area contributed by atoms with Crippen molar-refractivity contribution in [3.05, 3.63) is 35.4 Å². The van der Waals surface area contributed by atoms with Gasteiger partial charge in [-0.2, -0.15) is 0 Å². The molecule has 1 rings (SSSR count). The van der Waals surface area contributed by atoms with E-state index in [4.69, 9.17) is 5.73 Å². The van der Waals surface area contributed by atoms with Crippen molar-refractivity contribution >= 4 is 5.91 Å². The third-order valence-electron chi connectivity index (χ3n) is 2.14. The molecular weight excluding hydrogens is 176 g/mol. The number of rotatable bonds is 2. The van der Waals surface area contributed by atoms with Crippen molar-refractivity contribution in [3.8, 4) is 0 Å². The van der Waals surface area contributed by atoms with Crippen LogP contribution in [0.5, 0.6) is 0 Å². The normalized spacial score (nSPS) is 12.3. The minimum atomic E-state index is -0.550. The molecular formula is C11H16N2O. The minimum Gasteiger partial charge on any atom is -0.347 e. The summed E-state index contributed by atoms with van der Waals surface area (Å²) in [7, 11) is 3.41. The van der Waals surface area contributed by atoms with Crippen LogP contribution in [0.2, 0.25) is 0 Å².